The summed E-state index contributed by atoms with van der Waals surface area (Å²) >= 11 is 0. The largest absolute Gasteiger partial charge is 0.507 e. The van der Waals surface area contributed by atoms with Gasteiger partial charge >= 0.3 is 11.9 Å². The first-order valence-corrected chi connectivity index (χ1v) is 22.4. The Balaban J connectivity index is 0.778. The van der Waals surface area contributed by atoms with Crippen molar-refractivity contribution in [2.45, 2.75) is 13.3 Å². The van der Waals surface area contributed by atoms with Gasteiger partial charge in [0.15, 0.2) is 34.9 Å². The molecule has 0 saturated heterocycles. The molecule has 0 radical (unpaired) electrons. The molecule has 8 aromatic rings. The van der Waals surface area contributed by atoms with Crippen molar-refractivity contribution >= 4 is 11.9 Å². The third-order valence-corrected chi connectivity index (χ3v) is 11.4. The van der Waals surface area contributed by atoms with Crippen LogP contribution in [-0.4, -0.2) is 78.5 Å². The predicted octanol–water partition coefficient (Wildman–Crippen LogP) is 9.84. The third-order valence-electron chi connectivity index (χ3n) is 11.4. The lowest BCUT2D eigenvalue weighted by Gasteiger charge is -2.29. The highest BCUT2D eigenvalue weighted by Gasteiger charge is 2.40. The number of carbonyl (C=O) groups is 2. The van der Waals surface area contributed by atoms with Crippen molar-refractivity contribution in [3.05, 3.63) is 170 Å². The smallest absolute Gasteiger partial charge is 0.310 e. The summed E-state index contributed by atoms with van der Waals surface area (Å²) in [6.45, 7) is 1.64. The maximum Gasteiger partial charge on any atom is 0.310 e. The maximum absolute atomic E-state index is 13.5. The molecule has 6 aromatic carbocycles. The minimum atomic E-state index is -0.779. The quantitative estimate of drug-likeness (QED) is 0.0529. The number of aromatic hydroxyl groups is 2. The van der Waals surface area contributed by atoms with Crippen molar-refractivity contribution in [3.63, 3.8) is 0 Å². The number of allylic oxidation sites excluding steroid dienone is 2. The van der Waals surface area contributed by atoms with Gasteiger partial charge in [-0.25, -0.2) is 29.9 Å². The number of hydrogen-bond acceptors (Lipinski definition) is 14. The third kappa shape index (κ3) is 10.9. The van der Waals surface area contributed by atoms with E-state index >= 15 is 0 Å². The molecule has 2 N–H and O–H groups in total. The molecule has 0 aliphatic heterocycles. The summed E-state index contributed by atoms with van der Waals surface area (Å²) in [6.07, 6.45) is 4.05. The van der Waals surface area contributed by atoms with Crippen LogP contribution in [0.3, 0.4) is 0 Å². The Labute approximate surface area is 398 Å². The molecule has 3 atom stereocenters. The van der Waals surface area contributed by atoms with Gasteiger partial charge in [0.1, 0.15) is 49.4 Å². The lowest BCUT2D eigenvalue weighted by molar-refractivity contribution is -0.163. The Hall–Kier alpha value is -8.78. The standard InChI is InChI=1S/C55H46N6O8/c1-35-15-14-24-44(54(64)68-31-29-66-40-25-27-42(45(62)33-40)52-58-48(36-16-6-2-7-17-36)56-49(59-52)37-18-8-3-9-19-37)47(35)55(65)69-32-30-67-41-26-28-43(46(63)34-41)53-60-50(38-20-10-4-11-21-38)57-51(61-53)39-22-12-5-13-23-39/h2-23,25-28,33-35,44,47,62-63H,24,29-32H2,1H3. The van der Waals surface area contributed by atoms with Gasteiger partial charge < -0.3 is 29.2 Å². The van der Waals surface area contributed by atoms with Crippen molar-refractivity contribution in [1.29, 1.82) is 0 Å². The Bertz CT molecular complexity index is 2970. The molecule has 2 heterocycles. The number of phenols is 2. The van der Waals surface area contributed by atoms with E-state index in [9.17, 15) is 19.8 Å². The van der Waals surface area contributed by atoms with Crippen LogP contribution in [0.2, 0.25) is 0 Å². The zero-order valence-corrected chi connectivity index (χ0v) is 37.5. The van der Waals surface area contributed by atoms with Gasteiger partial charge in [0.25, 0.3) is 0 Å². The van der Waals surface area contributed by atoms with Crippen molar-refractivity contribution in [2.75, 3.05) is 26.4 Å². The minimum Gasteiger partial charge on any atom is -0.507 e. The number of esters is 2. The van der Waals surface area contributed by atoms with E-state index in [1.807, 2.05) is 140 Å². The maximum atomic E-state index is 13.5. The Morgan fingerprint density at radius 3 is 1.22 bits per heavy atom. The predicted molar refractivity (Wildman–Crippen MR) is 258 cm³/mol. The van der Waals surface area contributed by atoms with Gasteiger partial charge in [0, 0.05) is 34.4 Å². The minimum absolute atomic E-state index is 0.00722. The van der Waals surface area contributed by atoms with Crippen molar-refractivity contribution in [2.24, 2.45) is 17.8 Å². The van der Waals surface area contributed by atoms with Crippen molar-refractivity contribution < 1.29 is 38.7 Å². The van der Waals surface area contributed by atoms with Gasteiger partial charge in [0.05, 0.1) is 23.0 Å². The van der Waals surface area contributed by atoms with Crippen LogP contribution in [0, 0.1) is 17.8 Å². The average molecular weight is 919 g/mol. The van der Waals surface area contributed by atoms with E-state index in [-0.39, 0.29) is 55.5 Å². The van der Waals surface area contributed by atoms with Crippen LogP contribution in [0.15, 0.2) is 170 Å². The van der Waals surface area contributed by atoms with Gasteiger partial charge in [0.2, 0.25) is 0 Å². The van der Waals surface area contributed by atoms with Gasteiger partial charge in [-0.3, -0.25) is 9.59 Å². The van der Waals surface area contributed by atoms with Crippen LogP contribution >= 0.6 is 0 Å². The Kier molecular flexibility index (Phi) is 14.0. The molecule has 1 aliphatic carbocycles. The number of benzene rings is 6. The first-order chi connectivity index (χ1) is 33.8. The van der Waals surface area contributed by atoms with Crippen LogP contribution in [0.5, 0.6) is 23.0 Å². The fourth-order valence-electron chi connectivity index (χ4n) is 7.94. The van der Waals surface area contributed by atoms with Gasteiger partial charge in [-0.15, -0.1) is 0 Å². The molecular formula is C55H46N6O8. The molecule has 0 saturated carbocycles. The lowest BCUT2D eigenvalue weighted by Crippen LogP contribution is -2.38. The van der Waals surface area contributed by atoms with E-state index in [0.717, 1.165) is 22.3 Å². The lowest BCUT2D eigenvalue weighted by atomic mass is 9.76. The second-order valence-electron chi connectivity index (χ2n) is 16.1. The molecule has 1 aliphatic rings. The average Bonchev–Trinajstić information content (AvgIpc) is 3.39. The van der Waals surface area contributed by atoms with Crippen LogP contribution in [0.4, 0.5) is 0 Å². The van der Waals surface area contributed by atoms with Crippen LogP contribution in [-0.2, 0) is 19.1 Å². The molecule has 0 spiro atoms. The summed E-state index contributed by atoms with van der Waals surface area (Å²) in [5.41, 5.74) is 3.98. The number of aromatic nitrogens is 6. The van der Waals surface area contributed by atoms with E-state index < -0.39 is 23.8 Å². The van der Waals surface area contributed by atoms with E-state index in [4.69, 9.17) is 28.9 Å². The number of phenolic OH excluding ortho intramolecular Hbond substituents is 2. The van der Waals surface area contributed by atoms with Gasteiger partial charge in [-0.1, -0.05) is 140 Å². The normalized spacial score (nSPS) is 15.2. The Morgan fingerprint density at radius 1 is 0.478 bits per heavy atom. The SMILES string of the molecule is CC1C=CCC(C(=O)OCCOc2ccc(-c3nc(-c4ccccc4)nc(-c4ccccc4)n3)c(O)c2)C1C(=O)OCCOc1ccc(-c2nc(-c3ccccc3)nc(-c3ccccc3)n2)c(O)c1. The van der Waals surface area contributed by atoms with Crippen molar-refractivity contribution in [3.8, 4) is 91.3 Å². The summed E-state index contributed by atoms with van der Waals surface area (Å²) in [6, 6.07) is 47.7. The molecule has 9 rings (SSSR count). The van der Waals surface area contributed by atoms with Crippen LogP contribution in [0.1, 0.15) is 13.3 Å². The highest BCUT2D eigenvalue weighted by atomic mass is 16.6. The highest BCUT2D eigenvalue weighted by Crippen LogP contribution is 2.36. The summed E-state index contributed by atoms with van der Waals surface area (Å²) in [4.78, 5) is 55.0. The molecule has 344 valence electrons. The van der Waals surface area contributed by atoms with E-state index in [0.29, 0.717) is 52.3 Å². The fraction of sp³-hybridized carbons (Fsp3) is 0.164. The summed E-state index contributed by atoms with van der Waals surface area (Å²) in [5.74, 6) is -0.0436. The van der Waals surface area contributed by atoms with E-state index in [1.54, 1.807) is 24.3 Å². The number of ether oxygens (including phenoxy) is 4. The molecule has 69 heavy (non-hydrogen) atoms. The first kappa shape index (κ1) is 45.4. The van der Waals surface area contributed by atoms with E-state index in [1.165, 1.54) is 12.1 Å². The molecule has 2 aromatic heterocycles. The summed E-state index contributed by atoms with van der Waals surface area (Å²) < 4.78 is 22.9. The number of rotatable bonds is 16. The van der Waals surface area contributed by atoms with Gasteiger partial charge in [-0.05, 0) is 36.6 Å². The zero-order chi connectivity index (χ0) is 47.5. The summed E-state index contributed by atoms with van der Waals surface area (Å²) in [5, 5.41) is 22.2. The number of nitrogens with zero attached hydrogens (tertiary/aromatic N) is 6. The molecular weight excluding hydrogens is 873 g/mol. The zero-order valence-electron chi connectivity index (χ0n) is 37.5. The molecule has 14 heteroatoms. The summed E-state index contributed by atoms with van der Waals surface area (Å²) in [7, 11) is 0. The topological polar surface area (TPSA) is 189 Å². The number of carbonyl (C=O) groups excluding carboxylic acids is 2. The molecule has 0 amide bonds. The monoisotopic (exact) mass is 918 g/mol. The Morgan fingerprint density at radius 2 is 0.841 bits per heavy atom. The molecule has 0 bridgehead atoms. The first-order valence-electron chi connectivity index (χ1n) is 22.4. The number of hydrogen-bond donors (Lipinski definition) is 2. The fourth-order valence-corrected chi connectivity index (χ4v) is 7.94. The van der Waals surface area contributed by atoms with E-state index in [2.05, 4.69) is 19.9 Å². The second-order valence-corrected chi connectivity index (χ2v) is 16.1. The molecule has 14 nitrogen and oxygen atoms in total. The molecule has 3 unspecified atom stereocenters. The van der Waals surface area contributed by atoms with Crippen molar-refractivity contribution in [1.82, 2.24) is 29.9 Å². The van der Waals surface area contributed by atoms with Gasteiger partial charge in [-0.2, -0.15) is 0 Å². The van der Waals surface area contributed by atoms with Crippen LogP contribution in [0.25, 0.3) is 68.3 Å². The highest BCUT2D eigenvalue weighted by molar-refractivity contribution is 5.83. The molecule has 0 fully saturated rings. The van der Waals surface area contributed by atoms with Crippen LogP contribution < -0.4 is 9.47 Å². The second kappa shape index (κ2) is 21.2.